The van der Waals surface area contributed by atoms with Crippen LogP contribution in [0.15, 0.2) is 24.5 Å². The quantitative estimate of drug-likeness (QED) is 0.658. The second-order valence-corrected chi connectivity index (χ2v) is 3.64. The maximum Gasteiger partial charge on any atom is 0.0936 e. The smallest absolute Gasteiger partial charge is 0.0936 e. The zero-order valence-electron chi connectivity index (χ0n) is 8.52. The predicted molar refractivity (Wildman–Crippen MR) is 54.9 cm³/mol. The molecule has 1 unspecified atom stereocenters. The molecule has 1 aliphatic heterocycles. The fraction of sp³-hybridized carbons (Fsp3) is 0.545. The summed E-state index contributed by atoms with van der Waals surface area (Å²) in [5.74, 6) is 0. The van der Waals surface area contributed by atoms with Gasteiger partial charge in [0.05, 0.1) is 12.7 Å². The van der Waals surface area contributed by atoms with Gasteiger partial charge in [-0.3, -0.25) is 9.88 Å². The minimum atomic E-state index is 0.483. The predicted octanol–water partition coefficient (Wildman–Crippen LogP) is 1.30. The van der Waals surface area contributed by atoms with E-state index >= 15 is 0 Å². The number of epoxide rings is 1. The van der Waals surface area contributed by atoms with E-state index in [9.17, 15) is 0 Å². The lowest BCUT2D eigenvalue weighted by Gasteiger charge is -2.18. The molecule has 2 heterocycles. The maximum absolute atomic E-state index is 5.22. The summed E-state index contributed by atoms with van der Waals surface area (Å²) in [5.41, 5.74) is 1.32. The van der Waals surface area contributed by atoms with Crippen LogP contribution in [0.1, 0.15) is 12.5 Å². The Bertz CT molecular complexity index is 272. The van der Waals surface area contributed by atoms with Gasteiger partial charge in [-0.1, -0.05) is 6.92 Å². The number of ether oxygens (including phenoxy) is 1. The van der Waals surface area contributed by atoms with Crippen molar-refractivity contribution in [3.8, 4) is 0 Å². The molecule has 76 valence electrons. The van der Waals surface area contributed by atoms with Gasteiger partial charge < -0.3 is 4.74 Å². The summed E-state index contributed by atoms with van der Waals surface area (Å²) in [7, 11) is 0. The first-order valence-electron chi connectivity index (χ1n) is 5.11. The SMILES string of the molecule is CCN(Cc1ccncc1)CC1CO1. The Morgan fingerprint density at radius 1 is 1.50 bits per heavy atom. The van der Waals surface area contributed by atoms with Crippen LogP contribution in [-0.4, -0.2) is 35.7 Å². The minimum absolute atomic E-state index is 0.483. The maximum atomic E-state index is 5.22. The lowest BCUT2D eigenvalue weighted by Crippen LogP contribution is -2.27. The third-order valence-electron chi connectivity index (χ3n) is 2.47. The second-order valence-electron chi connectivity index (χ2n) is 3.64. The average molecular weight is 192 g/mol. The van der Waals surface area contributed by atoms with Crippen LogP contribution >= 0.6 is 0 Å². The van der Waals surface area contributed by atoms with Gasteiger partial charge in [-0.15, -0.1) is 0 Å². The Hall–Kier alpha value is -0.930. The molecule has 3 heteroatoms. The molecule has 0 aromatic carbocycles. The molecule has 0 bridgehead atoms. The van der Waals surface area contributed by atoms with Gasteiger partial charge in [0.1, 0.15) is 0 Å². The van der Waals surface area contributed by atoms with Crippen molar-refractivity contribution in [2.45, 2.75) is 19.6 Å². The molecule has 1 aliphatic rings. The molecule has 0 N–H and O–H groups in total. The van der Waals surface area contributed by atoms with Crippen molar-refractivity contribution in [2.75, 3.05) is 19.7 Å². The minimum Gasteiger partial charge on any atom is -0.372 e. The van der Waals surface area contributed by atoms with E-state index < -0.39 is 0 Å². The third-order valence-corrected chi connectivity index (χ3v) is 2.47. The van der Waals surface area contributed by atoms with E-state index in [0.29, 0.717) is 6.10 Å². The molecule has 1 aromatic rings. The van der Waals surface area contributed by atoms with Crippen molar-refractivity contribution in [2.24, 2.45) is 0 Å². The van der Waals surface area contributed by atoms with Crippen molar-refractivity contribution in [1.29, 1.82) is 0 Å². The summed E-state index contributed by atoms with van der Waals surface area (Å²) >= 11 is 0. The highest BCUT2D eigenvalue weighted by Crippen LogP contribution is 2.12. The van der Waals surface area contributed by atoms with Gasteiger partial charge >= 0.3 is 0 Å². The first-order chi connectivity index (χ1) is 6.88. The van der Waals surface area contributed by atoms with Crippen molar-refractivity contribution < 1.29 is 4.74 Å². The molecule has 14 heavy (non-hydrogen) atoms. The monoisotopic (exact) mass is 192 g/mol. The number of likely N-dealkylation sites (N-methyl/N-ethyl adjacent to an activating group) is 1. The molecule has 1 saturated heterocycles. The topological polar surface area (TPSA) is 28.7 Å². The van der Waals surface area contributed by atoms with E-state index in [4.69, 9.17) is 4.74 Å². The van der Waals surface area contributed by atoms with E-state index in [1.54, 1.807) is 0 Å². The van der Waals surface area contributed by atoms with Crippen LogP contribution in [0.3, 0.4) is 0 Å². The molecule has 1 fully saturated rings. The molecule has 3 nitrogen and oxygen atoms in total. The van der Waals surface area contributed by atoms with Gasteiger partial charge in [0.25, 0.3) is 0 Å². The number of hydrogen-bond acceptors (Lipinski definition) is 3. The lowest BCUT2D eigenvalue weighted by atomic mass is 10.2. The summed E-state index contributed by atoms with van der Waals surface area (Å²) < 4.78 is 5.22. The van der Waals surface area contributed by atoms with Crippen LogP contribution in [0.25, 0.3) is 0 Å². The third kappa shape index (κ3) is 2.79. The van der Waals surface area contributed by atoms with Crippen LogP contribution < -0.4 is 0 Å². The lowest BCUT2D eigenvalue weighted by molar-refractivity contribution is 0.245. The summed E-state index contributed by atoms with van der Waals surface area (Å²) in [6.45, 7) is 6.25. The first-order valence-corrected chi connectivity index (χ1v) is 5.11. The van der Waals surface area contributed by atoms with Gasteiger partial charge in [0.2, 0.25) is 0 Å². The highest BCUT2D eigenvalue weighted by molar-refractivity contribution is 5.09. The Morgan fingerprint density at radius 3 is 2.79 bits per heavy atom. The van der Waals surface area contributed by atoms with E-state index in [1.807, 2.05) is 12.4 Å². The van der Waals surface area contributed by atoms with Gasteiger partial charge in [0, 0.05) is 25.5 Å². The fourth-order valence-electron chi connectivity index (χ4n) is 1.51. The Labute approximate surface area is 84.7 Å². The standard InChI is InChI=1S/C11H16N2O/c1-2-13(8-11-9-14-11)7-10-3-5-12-6-4-10/h3-6,11H,2,7-9H2,1H3. The first kappa shape index (κ1) is 9.62. The van der Waals surface area contributed by atoms with Crippen LogP contribution in [-0.2, 0) is 11.3 Å². The summed E-state index contributed by atoms with van der Waals surface area (Å²) in [6.07, 6.45) is 4.17. The van der Waals surface area contributed by atoms with Gasteiger partial charge in [-0.2, -0.15) is 0 Å². The number of rotatable bonds is 5. The number of hydrogen-bond donors (Lipinski definition) is 0. The van der Waals surface area contributed by atoms with Crippen molar-refractivity contribution in [3.63, 3.8) is 0 Å². The largest absolute Gasteiger partial charge is 0.372 e. The molecular formula is C11H16N2O. The van der Waals surface area contributed by atoms with Crippen LogP contribution in [0.5, 0.6) is 0 Å². The van der Waals surface area contributed by atoms with E-state index in [2.05, 4.69) is 28.9 Å². The summed E-state index contributed by atoms with van der Waals surface area (Å²) in [6, 6.07) is 4.13. The van der Waals surface area contributed by atoms with Crippen LogP contribution in [0.4, 0.5) is 0 Å². The van der Waals surface area contributed by atoms with E-state index in [1.165, 1.54) is 5.56 Å². The Kier molecular flexibility index (Phi) is 3.11. The van der Waals surface area contributed by atoms with Crippen molar-refractivity contribution >= 4 is 0 Å². The number of nitrogens with zero attached hydrogens (tertiary/aromatic N) is 2. The molecule has 0 radical (unpaired) electrons. The van der Waals surface area contributed by atoms with Crippen molar-refractivity contribution in [3.05, 3.63) is 30.1 Å². The summed E-state index contributed by atoms with van der Waals surface area (Å²) in [4.78, 5) is 6.40. The van der Waals surface area contributed by atoms with E-state index in [0.717, 1.165) is 26.2 Å². The summed E-state index contributed by atoms with van der Waals surface area (Å²) in [5, 5.41) is 0. The zero-order valence-corrected chi connectivity index (χ0v) is 8.52. The fourth-order valence-corrected chi connectivity index (χ4v) is 1.51. The molecule has 0 spiro atoms. The van der Waals surface area contributed by atoms with Crippen LogP contribution in [0.2, 0.25) is 0 Å². The highest BCUT2D eigenvalue weighted by atomic mass is 16.6. The normalized spacial score (nSPS) is 20.0. The zero-order chi connectivity index (χ0) is 9.80. The molecule has 1 aromatic heterocycles. The average Bonchev–Trinajstić information content (AvgIpc) is 3.02. The molecule has 2 rings (SSSR count). The molecule has 0 saturated carbocycles. The van der Waals surface area contributed by atoms with Crippen molar-refractivity contribution in [1.82, 2.24) is 9.88 Å². The van der Waals surface area contributed by atoms with Gasteiger partial charge in [-0.05, 0) is 24.2 Å². The number of aromatic nitrogens is 1. The molecule has 1 atom stereocenters. The highest BCUT2D eigenvalue weighted by Gasteiger charge is 2.24. The van der Waals surface area contributed by atoms with Gasteiger partial charge in [0.15, 0.2) is 0 Å². The number of pyridine rings is 1. The second kappa shape index (κ2) is 4.53. The Balaban J connectivity index is 1.87. The van der Waals surface area contributed by atoms with E-state index in [-0.39, 0.29) is 0 Å². The Morgan fingerprint density at radius 2 is 2.21 bits per heavy atom. The molecule has 0 aliphatic carbocycles. The molecule has 0 amide bonds. The molecular weight excluding hydrogens is 176 g/mol. The van der Waals surface area contributed by atoms with Gasteiger partial charge in [-0.25, -0.2) is 0 Å². The van der Waals surface area contributed by atoms with Crippen LogP contribution in [0, 0.1) is 0 Å².